The molecule has 0 saturated heterocycles. The van der Waals surface area contributed by atoms with Crippen LogP contribution in [0.5, 0.6) is 0 Å². The predicted molar refractivity (Wildman–Crippen MR) is 73.1 cm³/mol. The molecule has 110 valence electrons. The van der Waals surface area contributed by atoms with Crippen LogP contribution in [0.3, 0.4) is 0 Å². The highest BCUT2D eigenvalue weighted by molar-refractivity contribution is 5.73. The molecule has 1 atom stereocenters. The first-order valence-corrected chi connectivity index (χ1v) is 6.77. The van der Waals surface area contributed by atoms with Gasteiger partial charge in [-0.3, -0.25) is 9.69 Å². The van der Waals surface area contributed by atoms with Crippen molar-refractivity contribution in [3.63, 3.8) is 0 Å². The summed E-state index contributed by atoms with van der Waals surface area (Å²) in [6.07, 6.45) is 0.578. The van der Waals surface area contributed by atoms with Crippen LogP contribution in [-0.2, 0) is 17.8 Å². The highest BCUT2D eigenvalue weighted by Crippen LogP contribution is 2.31. The first kappa shape index (κ1) is 13.8. The molecule has 21 heavy (non-hydrogen) atoms. The Kier molecular flexibility index (Phi) is 3.47. The van der Waals surface area contributed by atoms with E-state index < -0.39 is 12.0 Å². The van der Waals surface area contributed by atoms with E-state index in [0.717, 1.165) is 5.56 Å². The third-order valence-electron chi connectivity index (χ3n) is 3.89. The van der Waals surface area contributed by atoms with E-state index in [1.165, 1.54) is 6.07 Å². The summed E-state index contributed by atoms with van der Waals surface area (Å²) in [6.45, 7) is 2.63. The van der Waals surface area contributed by atoms with E-state index in [1.54, 1.807) is 25.1 Å². The molecule has 1 aliphatic heterocycles. The molecule has 0 fully saturated rings. The molecule has 0 spiro atoms. The maximum atomic E-state index is 13.9. The van der Waals surface area contributed by atoms with Gasteiger partial charge >= 0.3 is 5.97 Å². The van der Waals surface area contributed by atoms with Gasteiger partial charge in [-0.2, -0.15) is 0 Å². The Balaban J connectivity index is 1.97. The van der Waals surface area contributed by atoms with Gasteiger partial charge in [-0.1, -0.05) is 17.3 Å². The van der Waals surface area contributed by atoms with Gasteiger partial charge in [0.05, 0.1) is 0 Å². The number of rotatable bonds is 3. The minimum absolute atomic E-state index is 0.364. The summed E-state index contributed by atoms with van der Waals surface area (Å²) in [6, 6.07) is 5.77. The molecule has 1 aromatic carbocycles. The molecule has 0 bridgehead atoms. The number of benzene rings is 1. The van der Waals surface area contributed by atoms with Crippen molar-refractivity contribution in [2.24, 2.45) is 0 Å². The summed E-state index contributed by atoms with van der Waals surface area (Å²) in [5.41, 5.74) is 1.62. The van der Waals surface area contributed by atoms with Crippen molar-refractivity contribution in [3.8, 4) is 11.3 Å². The third-order valence-corrected chi connectivity index (χ3v) is 3.89. The fraction of sp³-hybridized carbons (Fsp3) is 0.333. The van der Waals surface area contributed by atoms with Crippen LogP contribution in [0, 0.1) is 5.82 Å². The standard InChI is InChI=1S/C15H15FN2O3/c1-9(15(19)20)18-7-6-13-11(8-18)14(17-21-13)10-4-2-3-5-12(10)16/h2-5,9H,6-8H2,1H3,(H,19,20). The molecule has 3 rings (SSSR count). The molecule has 0 amide bonds. The zero-order valence-corrected chi connectivity index (χ0v) is 11.5. The molecule has 6 heteroatoms. The van der Waals surface area contributed by atoms with E-state index >= 15 is 0 Å². The van der Waals surface area contributed by atoms with Gasteiger partial charge in [0, 0.05) is 30.6 Å². The molecule has 1 unspecified atom stereocenters. The maximum absolute atomic E-state index is 13.9. The average molecular weight is 290 g/mol. The molecule has 0 aliphatic carbocycles. The third kappa shape index (κ3) is 2.42. The molecule has 0 saturated carbocycles. The number of aliphatic carboxylic acids is 1. The summed E-state index contributed by atoms with van der Waals surface area (Å²) in [5, 5.41) is 13.1. The smallest absolute Gasteiger partial charge is 0.320 e. The minimum Gasteiger partial charge on any atom is -0.480 e. The highest BCUT2D eigenvalue weighted by Gasteiger charge is 2.30. The molecule has 2 heterocycles. The second kappa shape index (κ2) is 5.29. The van der Waals surface area contributed by atoms with Crippen molar-refractivity contribution in [1.29, 1.82) is 0 Å². The quantitative estimate of drug-likeness (QED) is 0.939. The number of nitrogens with zero attached hydrogens (tertiary/aromatic N) is 2. The molecular weight excluding hydrogens is 275 g/mol. The summed E-state index contributed by atoms with van der Waals surface area (Å²) < 4.78 is 19.2. The van der Waals surface area contributed by atoms with Gasteiger partial charge in [0.1, 0.15) is 23.3 Å². The van der Waals surface area contributed by atoms with Gasteiger partial charge in [-0.25, -0.2) is 4.39 Å². The van der Waals surface area contributed by atoms with Crippen molar-refractivity contribution in [1.82, 2.24) is 10.1 Å². The van der Waals surface area contributed by atoms with Crippen molar-refractivity contribution >= 4 is 5.97 Å². The van der Waals surface area contributed by atoms with Gasteiger partial charge in [-0.05, 0) is 19.1 Å². The molecule has 1 N–H and O–H groups in total. The lowest BCUT2D eigenvalue weighted by molar-refractivity contribution is -0.143. The first-order chi connectivity index (χ1) is 10.1. The second-order valence-corrected chi connectivity index (χ2v) is 5.15. The van der Waals surface area contributed by atoms with E-state index in [-0.39, 0.29) is 5.82 Å². The molecule has 5 nitrogen and oxygen atoms in total. The van der Waals surface area contributed by atoms with Gasteiger partial charge in [0.25, 0.3) is 0 Å². The number of carboxylic acid groups (broad SMARTS) is 1. The van der Waals surface area contributed by atoms with Crippen LogP contribution in [-0.4, -0.2) is 33.7 Å². The molecule has 1 aliphatic rings. The number of hydrogen-bond acceptors (Lipinski definition) is 4. The van der Waals surface area contributed by atoms with Gasteiger partial charge in [-0.15, -0.1) is 0 Å². The van der Waals surface area contributed by atoms with E-state index in [9.17, 15) is 9.18 Å². The Bertz CT molecular complexity index is 683. The number of carbonyl (C=O) groups is 1. The number of hydrogen-bond donors (Lipinski definition) is 1. The van der Waals surface area contributed by atoms with E-state index in [1.807, 2.05) is 4.90 Å². The number of fused-ring (bicyclic) bond motifs is 1. The SMILES string of the molecule is CC(C(=O)O)N1CCc2onc(-c3ccccc3F)c2C1. The van der Waals surface area contributed by atoms with Gasteiger partial charge in [0.15, 0.2) is 0 Å². The van der Waals surface area contributed by atoms with Crippen molar-refractivity contribution in [2.75, 3.05) is 6.54 Å². The molecule has 2 aromatic rings. The normalized spacial score (nSPS) is 16.5. The van der Waals surface area contributed by atoms with Crippen LogP contribution in [0.15, 0.2) is 28.8 Å². The maximum Gasteiger partial charge on any atom is 0.320 e. The van der Waals surface area contributed by atoms with Crippen molar-refractivity contribution in [3.05, 3.63) is 41.4 Å². The predicted octanol–water partition coefficient (Wildman–Crippen LogP) is 2.31. The van der Waals surface area contributed by atoms with Gasteiger partial charge in [0.2, 0.25) is 0 Å². The highest BCUT2D eigenvalue weighted by atomic mass is 19.1. The monoisotopic (exact) mass is 290 g/mol. The van der Waals surface area contributed by atoms with E-state index in [2.05, 4.69) is 5.16 Å². The fourth-order valence-corrected chi connectivity index (χ4v) is 2.58. The Hall–Kier alpha value is -2.21. The zero-order valence-electron chi connectivity index (χ0n) is 11.5. The van der Waals surface area contributed by atoms with Crippen molar-refractivity contribution < 1.29 is 18.8 Å². The topological polar surface area (TPSA) is 66.6 Å². The zero-order chi connectivity index (χ0) is 15.0. The molecule has 0 radical (unpaired) electrons. The average Bonchev–Trinajstić information content (AvgIpc) is 2.89. The van der Waals surface area contributed by atoms with Crippen LogP contribution in [0.4, 0.5) is 4.39 Å². The summed E-state index contributed by atoms with van der Waals surface area (Å²) in [4.78, 5) is 12.9. The summed E-state index contributed by atoms with van der Waals surface area (Å²) >= 11 is 0. The molecule has 1 aromatic heterocycles. The van der Waals surface area contributed by atoms with Crippen LogP contribution >= 0.6 is 0 Å². The van der Waals surface area contributed by atoms with Crippen LogP contribution in [0.25, 0.3) is 11.3 Å². The second-order valence-electron chi connectivity index (χ2n) is 5.15. The number of carboxylic acids is 1. The largest absolute Gasteiger partial charge is 0.480 e. The number of halogens is 1. The minimum atomic E-state index is -0.873. The lowest BCUT2D eigenvalue weighted by Gasteiger charge is -2.29. The lowest BCUT2D eigenvalue weighted by Crippen LogP contribution is -2.41. The van der Waals surface area contributed by atoms with Crippen LogP contribution in [0.2, 0.25) is 0 Å². The fourth-order valence-electron chi connectivity index (χ4n) is 2.58. The Morgan fingerprint density at radius 3 is 2.95 bits per heavy atom. The Labute approximate surface area is 121 Å². The summed E-state index contributed by atoms with van der Waals surface area (Å²) in [5.74, 6) is -0.526. The van der Waals surface area contributed by atoms with Crippen molar-refractivity contribution in [2.45, 2.75) is 25.9 Å². The van der Waals surface area contributed by atoms with Gasteiger partial charge < -0.3 is 9.63 Å². The summed E-state index contributed by atoms with van der Waals surface area (Å²) in [7, 11) is 0. The van der Waals surface area contributed by atoms with E-state index in [0.29, 0.717) is 36.5 Å². The molecular formula is C15H15FN2O3. The lowest BCUT2D eigenvalue weighted by atomic mass is 10.00. The van der Waals surface area contributed by atoms with Crippen LogP contribution < -0.4 is 0 Å². The van der Waals surface area contributed by atoms with Crippen LogP contribution in [0.1, 0.15) is 18.2 Å². The number of aromatic nitrogens is 1. The first-order valence-electron chi connectivity index (χ1n) is 6.77. The Morgan fingerprint density at radius 1 is 1.48 bits per heavy atom. The van der Waals surface area contributed by atoms with E-state index in [4.69, 9.17) is 9.63 Å². The Morgan fingerprint density at radius 2 is 2.24 bits per heavy atom.